The summed E-state index contributed by atoms with van der Waals surface area (Å²) in [7, 11) is 1.70. The summed E-state index contributed by atoms with van der Waals surface area (Å²) >= 11 is -1.26. The molecule has 0 fully saturated rings. The Labute approximate surface area is 184 Å². The Hall–Kier alpha value is -2.61. The van der Waals surface area contributed by atoms with Crippen molar-refractivity contribution in [2.45, 2.75) is 45.4 Å². The molecule has 4 aromatic rings. The van der Waals surface area contributed by atoms with E-state index >= 15 is 0 Å². The molecule has 1 N–H and O–H groups in total. The van der Waals surface area contributed by atoms with Crippen LogP contribution in [0.5, 0.6) is 0 Å². The molecule has 0 radical (unpaired) electrons. The highest BCUT2D eigenvalue weighted by atomic mass is 32.2. The average molecular weight is 438 g/mol. The van der Waals surface area contributed by atoms with Gasteiger partial charge in [0.1, 0.15) is 10.3 Å². The van der Waals surface area contributed by atoms with Crippen LogP contribution in [-0.2, 0) is 18.4 Å². The fourth-order valence-corrected chi connectivity index (χ4v) is 4.40. The zero-order valence-electron chi connectivity index (χ0n) is 18.6. The number of furan rings is 1. The predicted molar refractivity (Wildman–Crippen MR) is 126 cm³/mol. The van der Waals surface area contributed by atoms with Crippen molar-refractivity contribution in [3.05, 3.63) is 63.9 Å². The van der Waals surface area contributed by atoms with Crippen LogP contribution >= 0.6 is 0 Å². The van der Waals surface area contributed by atoms with E-state index < -0.39 is 16.1 Å². The van der Waals surface area contributed by atoms with Gasteiger partial charge in [-0.3, -0.25) is 9.36 Å². The van der Waals surface area contributed by atoms with E-state index in [1.807, 2.05) is 77.1 Å². The number of aromatic nitrogens is 2. The normalized spacial score (nSPS) is 14.3. The predicted octanol–water partition coefficient (Wildman–Crippen LogP) is 4.77. The molecule has 162 valence electrons. The second-order valence-corrected chi connectivity index (χ2v) is 10.9. The number of hydrogen-bond acceptors (Lipinski definition) is 5. The van der Waals surface area contributed by atoms with Crippen LogP contribution in [0.3, 0.4) is 0 Å². The van der Waals surface area contributed by atoms with Gasteiger partial charge in [-0.2, -0.15) is 0 Å². The molecule has 0 aliphatic rings. The highest BCUT2D eigenvalue weighted by Gasteiger charge is 2.29. The van der Waals surface area contributed by atoms with E-state index in [4.69, 9.17) is 9.40 Å². The monoisotopic (exact) mass is 437 g/mol. The molecule has 0 bridgehead atoms. The lowest BCUT2D eigenvalue weighted by atomic mass is 10.0. The summed E-state index contributed by atoms with van der Waals surface area (Å²) in [4.78, 5) is 18.1. The van der Waals surface area contributed by atoms with Gasteiger partial charge >= 0.3 is 0 Å². The molecule has 0 amide bonds. The Kier molecular flexibility index (Phi) is 5.45. The van der Waals surface area contributed by atoms with Crippen LogP contribution in [0, 0.1) is 6.92 Å². The lowest BCUT2D eigenvalue weighted by molar-refractivity contribution is 0.531. The molecule has 1 unspecified atom stereocenters. The summed E-state index contributed by atoms with van der Waals surface area (Å²) in [6, 6.07) is 13.2. The van der Waals surface area contributed by atoms with Gasteiger partial charge in [0.15, 0.2) is 11.6 Å². The average Bonchev–Trinajstić information content (AvgIpc) is 3.13. The Morgan fingerprint density at radius 2 is 1.90 bits per heavy atom. The van der Waals surface area contributed by atoms with Crippen LogP contribution in [0.2, 0.25) is 0 Å². The van der Waals surface area contributed by atoms with E-state index in [0.29, 0.717) is 22.5 Å². The summed E-state index contributed by atoms with van der Waals surface area (Å²) in [6.45, 7) is 9.65. The summed E-state index contributed by atoms with van der Waals surface area (Å²) in [6.07, 6.45) is 0. The summed E-state index contributed by atoms with van der Waals surface area (Å²) in [5, 5.41) is 1.49. The zero-order chi connectivity index (χ0) is 22.5. The lowest BCUT2D eigenvalue weighted by Crippen LogP contribution is -2.40. The van der Waals surface area contributed by atoms with Crippen molar-refractivity contribution in [1.29, 1.82) is 0 Å². The Morgan fingerprint density at radius 1 is 1.19 bits per heavy atom. The molecule has 0 aliphatic carbocycles. The van der Waals surface area contributed by atoms with Gasteiger partial charge in [0, 0.05) is 29.4 Å². The number of rotatable bonds is 4. The van der Waals surface area contributed by atoms with E-state index in [0.717, 1.165) is 22.1 Å². The first-order chi connectivity index (χ1) is 14.6. The summed E-state index contributed by atoms with van der Waals surface area (Å²) < 4.78 is 22.9. The van der Waals surface area contributed by atoms with Crippen LogP contribution in [0.25, 0.3) is 33.5 Å². The van der Waals surface area contributed by atoms with Crippen molar-refractivity contribution in [2.24, 2.45) is 7.05 Å². The standard InChI is InChI=1S/C24H27N3O3S/c1-14-11-17(15(2)26-31(29)24(3,4)5)21-18(12-14)23(28)27(6)22(25-21)20-13-16-9-7-8-10-19(16)30-20/h7-13,15,26H,1-6H3/t15-,31?/m1/s1. The molecular weight excluding hydrogens is 410 g/mol. The maximum Gasteiger partial charge on any atom is 0.261 e. The number of benzene rings is 2. The number of fused-ring (bicyclic) bond motifs is 2. The molecule has 2 heterocycles. The van der Waals surface area contributed by atoms with Crippen LogP contribution in [0.4, 0.5) is 0 Å². The van der Waals surface area contributed by atoms with Gasteiger partial charge in [-0.05, 0) is 58.4 Å². The topological polar surface area (TPSA) is 83.1 Å². The number of hydrogen-bond donors (Lipinski definition) is 1. The molecule has 2 aromatic carbocycles. The minimum atomic E-state index is -1.26. The maximum absolute atomic E-state index is 13.2. The molecule has 0 saturated heterocycles. The SMILES string of the molecule is Cc1cc([C@@H](C)N[S+]([O-])C(C)(C)C)c2nc(-c3cc4ccccc4o3)n(C)c(=O)c2c1. The smallest absolute Gasteiger partial charge is 0.261 e. The van der Waals surface area contributed by atoms with Crippen LogP contribution < -0.4 is 10.3 Å². The number of nitrogens with one attached hydrogen (secondary N) is 1. The quantitative estimate of drug-likeness (QED) is 0.465. The van der Waals surface area contributed by atoms with Crippen LogP contribution in [-0.4, -0.2) is 18.9 Å². The molecular formula is C24H27N3O3S. The minimum Gasteiger partial charge on any atom is -0.598 e. The van der Waals surface area contributed by atoms with Gasteiger partial charge in [0.2, 0.25) is 0 Å². The summed E-state index contributed by atoms with van der Waals surface area (Å²) in [5.41, 5.74) is 2.98. The molecule has 2 atom stereocenters. The molecule has 31 heavy (non-hydrogen) atoms. The third-order valence-electron chi connectivity index (χ3n) is 5.31. The molecule has 0 saturated carbocycles. The largest absolute Gasteiger partial charge is 0.598 e. The second kappa shape index (κ2) is 7.82. The Balaban J connectivity index is 1.91. The number of para-hydroxylation sites is 1. The first kappa shape index (κ1) is 21.6. The van der Waals surface area contributed by atoms with Gasteiger partial charge < -0.3 is 8.97 Å². The van der Waals surface area contributed by atoms with Crippen molar-refractivity contribution >= 4 is 33.2 Å². The van der Waals surface area contributed by atoms with Gasteiger partial charge in [-0.25, -0.2) is 4.98 Å². The van der Waals surface area contributed by atoms with Crippen molar-refractivity contribution < 1.29 is 8.97 Å². The van der Waals surface area contributed by atoms with E-state index in [-0.39, 0.29) is 11.6 Å². The molecule has 4 rings (SSSR count). The second-order valence-electron chi connectivity index (χ2n) is 8.92. The first-order valence-electron chi connectivity index (χ1n) is 10.2. The third-order valence-corrected chi connectivity index (χ3v) is 6.99. The highest BCUT2D eigenvalue weighted by Crippen LogP contribution is 2.30. The van der Waals surface area contributed by atoms with Gasteiger partial charge in [-0.1, -0.05) is 24.3 Å². The maximum atomic E-state index is 13.2. The van der Waals surface area contributed by atoms with Crippen LogP contribution in [0.15, 0.2) is 51.7 Å². The zero-order valence-corrected chi connectivity index (χ0v) is 19.5. The molecule has 6 nitrogen and oxygen atoms in total. The van der Waals surface area contributed by atoms with Gasteiger partial charge in [0.25, 0.3) is 5.56 Å². The molecule has 0 spiro atoms. The molecule has 7 heteroatoms. The molecule has 2 aromatic heterocycles. The Bertz CT molecular complexity index is 1300. The first-order valence-corrected chi connectivity index (χ1v) is 11.4. The van der Waals surface area contributed by atoms with Gasteiger partial charge in [0.05, 0.1) is 16.9 Å². The number of nitrogens with zero attached hydrogens (tertiary/aromatic N) is 2. The Morgan fingerprint density at radius 3 is 2.58 bits per heavy atom. The third kappa shape index (κ3) is 4.01. The lowest BCUT2D eigenvalue weighted by Gasteiger charge is -2.27. The van der Waals surface area contributed by atoms with E-state index in [1.54, 1.807) is 7.05 Å². The molecule has 0 aliphatic heterocycles. The fraction of sp³-hybridized carbons (Fsp3) is 0.333. The van der Waals surface area contributed by atoms with Crippen molar-refractivity contribution in [1.82, 2.24) is 14.3 Å². The van der Waals surface area contributed by atoms with E-state index in [9.17, 15) is 9.35 Å². The van der Waals surface area contributed by atoms with Gasteiger partial charge in [-0.15, -0.1) is 4.72 Å². The van der Waals surface area contributed by atoms with E-state index in [1.165, 1.54) is 4.57 Å². The van der Waals surface area contributed by atoms with Crippen molar-refractivity contribution in [3.8, 4) is 11.6 Å². The fourth-order valence-electron chi connectivity index (χ4n) is 3.60. The number of aryl methyl sites for hydroxylation is 1. The van der Waals surface area contributed by atoms with Crippen molar-refractivity contribution in [3.63, 3.8) is 0 Å². The minimum absolute atomic E-state index is 0.144. The van der Waals surface area contributed by atoms with Crippen LogP contribution in [0.1, 0.15) is 44.9 Å². The van der Waals surface area contributed by atoms with Crippen molar-refractivity contribution in [2.75, 3.05) is 0 Å². The highest BCUT2D eigenvalue weighted by molar-refractivity contribution is 7.90. The summed E-state index contributed by atoms with van der Waals surface area (Å²) in [5.74, 6) is 0.996. The van der Waals surface area contributed by atoms with E-state index in [2.05, 4.69) is 4.72 Å².